The lowest BCUT2D eigenvalue weighted by Crippen LogP contribution is -2.51. The predicted octanol–water partition coefficient (Wildman–Crippen LogP) is 1.70. The molecule has 0 radical (unpaired) electrons. The third kappa shape index (κ3) is 5.38. The number of urea groups is 1. The van der Waals surface area contributed by atoms with Gasteiger partial charge in [0.2, 0.25) is 0 Å². The molecule has 0 aliphatic rings. The van der Waals surface area contributed by atoms with Crippen LogP contribution in [0.25, 0.3) is 0 Å². The SMILES string of the molecule is C=CCN(C(=O)NCC(C)C(=O)O)C(C)(C)C. The molecule has 0 aromatic rings. The van der Waals surface area contributed by atoms with Gasteiger partial charge in [-0.05, 0) is 20.8 Å². The number of hydrogen-bond donors (Lipinski definition) is 2. The van der Waals surface area contributed by atoms with Crippen molar-refractivity contribution in [3.8, 4) is 0 Å². The van der Waals surface area contributed by atoms with Crippen LogP contribution >= 0.6 is 0 Å². The summed E-state index contributed by atoms with van der Waals surface area (Å²) in [6, 6.07) is -0.273. The van der Waals surface area contributed by atoms with Gasteiger partial charge in [0.25, 0.3) is 0 Å². The van der Waals surface area contributed by atoms with Crippen molar-refractivity contribution in [1.82, 2.24) is 10.2 Å². The van der Waals surface area contributed by atoms with E-state index in [4.69, 9.17) is 5.11 Å². The number of aliphatic carboxylic acids is 1. The molecular weight excluding hydrogens is 220 g/mol. The van der Waals surface area contributed by atoms with E-state index in [1.54, 1.807) is 17.9 Å². The van der Waals surface area contributed by atoms with Crippen LogP contribution in [0.5, 0.6) is 0 Å². The molecule has 0 spiro atoms. The van der Waals surface area contributed by atoms with Crippen LogP contribution in [0.15, 0.2) is 12.7 Å². The van der Waals surface area contributed by atoms with E-state index < -0.39 is 11.9 Å². The quantitative estimate of drug-likeness (QED) is 0.721. The molecule has 0 aromatic carbocycles. The Morgan fingerprint density at radius 3 is 2.35 bits per heavy atom. The molecule has 0 rings (SSSR count). The largest absolute Gasteiger partial charge is 0.481 e. The van der Waals surface area contributed by atoms with E-state index in [-0.39, 0.29) is 18.1 Å². The van der Waals surface area contributed by atoms with Crippen molar-refractivity contribution >= 4 is 12.0 Å². The average Bonchev–Trinajstić information content (AvgIpc) is 2.20. The lowest BCUT2D eigenvalue weighted by Gasteiger charge is -2.35. The number of nitrogens with zero attached hydrogens (tertiary/aromatic N) is 1. The van der Waals surface area contributed by atoms with Crippen LogP contribution in [0.3, 0.4) is 0 Å². The summed E-state index contributed by atoms with van der Waals surface area (Å²) in [6.07, 6.45) is 1.64. The van der Waals surface area contributed by atoms with Crippen LogP contribution in [-0.4, -0.2) is 40.6 Å². The number of carbonyl (C=O) groups is 2. The minimum Gasteiger partial charge on any atom is -0.481 e. The monoisotopic (exact) mass is 242 g/mol. The highest BCUT2D eigenvalue weighted by Gasteiger charge is 2.25. The second kappa shape index (κ2) is 6.27. The molecule has 1 atom stereocenters. The van der Waals surface area contributed by atoms with Crippen LogP contribution in [0.2, 0.25) is 0 Å². The number of amides is 2. The summed E-state index contributed by atoms with van der Waals surface area (Å²) in [5.74, 6) is -1.51. The summed E-state index contributed by atoms with van der Waals surface area (Å²) in [5.41, 5.74) is -0.329. The van der Waals surface area contributed by atoms with E-state index in [1.807, 2.05) is 20.8 Å². The topological polar surface area (TPSA) is 69.6 Å². The Hall–Kier alpha value is -1.52. The van der Waals surface area contributed by atoms with Gasteiger partial charge in [-0.25, -0.2) is 4.79 Å². The second-order valence-corrected chi connectivity index (χ2v) is 5.00. The highest BCUT2D eigenvalue weighted by Crippen LogP contribution is 2.13. The lowest BCUT2D eigenvalue weighted by atomic mass is 10.1. The van der Waals surface area contributed by atoms with Crippen molar-refractivity contribution in [1.29, 1.82) is 0 Å². The fourth-order valence-corrected chi connectivity index (χ4v) is 1.21. The molecule has 0 aromatic heterocycles. The molecule has 0 aliphatic carbocycles. The van der Waals surface area contributed by atoms with Gasteiger partial charge in [0.05, 0.1) is 5.92 Å². The molecule has 0 saturated heterocycles. The normalized spacial score (nSPS) is 12.7. The molecule has 2 N–H and O–H groups in total. The summed E-state index contributed by atoms with van der Waals surface area (Å²) in [5, 5.41) is 11.3. The number of rotatable bonds is 5. The maximum atomic E-state index is 11.9. The molecule has 0 heterocycles. The summed E-state index contributed by atoms with van der Waals surface area (Å²) in [6.45, 7) is 11.4. The van der Waals surface area contributed by atoms with Crippen molar-refractivity contribution in [2.45, 2.75) is 33.2 Å². The smallest absolute Gasteiger partial charge is 0.318 e. The zero-order valence-corrected chi connectivity index (χ0v) is 11.0. The van der Waals surface area contributed by atoms with Gasteiger partial charge in [0, 0.05) is 18.6 Å². The highest BCUT2D eigenvalue weighted by molar-refractivity contribution is 5.76. The first kappa shape index (κ1) is 15.5. The van der Waals surface area contributed by atoms with Crippen LogP contribution in [0.1, 0.15) is 27.7 Å². The van der Waals surface area contributed by atoms with Gasteiger partial charge in [-0.15, -0.1) is 6.58 Å². The lowest BCUT2D eigenvalue weighted by molar-refractivity contribution is -0.140. The van der Waals surface area contributed by atoms with E-state index in [1.165, 1.54) is 0 Å². The molecule has 0 saturated carbocycles. The standard InChI is InChI=1S/C12H22N2O3/c1-6-7-14(12(3,4)5)11(17)13-8-9(2)10(15)16/h6,9H,1,7-8H2,2-5H3,(H,13,17)(H,15,16). The van der Waals surface area contributed by atoms with Gasteiger partial charge in [-0.3, -0.25) is 4.79 Å². The van der Waals surface area contributed by atoms with E-state index in [2.05, 4.69) is 11.9 Å². The number of carboxylic acids is 1. The number of carbonyl (C=O) groups excluding carboxylic acids is 1. The van der Waals surface area contributed by atoms with E-state index in [9.17, 15) is 9.59 Å². The first-order valence-corrected chi connectivity index (χ1v) is 5.59. The van der Waals surface area contributed by atoms with Gasteiger partial charge >= 0.3 is 12.0 Å². The molecule has 2 amide bonds. The van der Waals surface area contributed by atoms with E-state index in [0.717, 1.165) is 0 Å². The maximum Gasteiger partial charge on any atom is 0.318 e. The summed E-state index contributed by atoms with van der Waals surface area (Å²) in [4.78, 5) is 24.1. The number of hydrogen-bond acceptors (Lipinski definition) is 2. The van der Waals surface area contributed by atoms with Crippen LogP contribution in [0.4, 0.5) is 4.79 Å². The Bertz CT molecular complexity index is 295. The first-order chi connectivity index (χ1) is 7.70. The van der Waals surface area contributed by atoms with Crippen molar-refractivity contribution in [2.24, 2.45) is 5.92 Å². The first-order valence-electron chi connectivity index (χ1n) is 5.59. The van der Waals surface area contributed by atoms with E-state index >= 15 is 0 Å². The molecule has 1 unspecified atom stereocenters. The summed E-state index contributed by atoms with van der Waals surface area (Å²) >= 11 is 0. The van der Waals surface area contributed by atoms with Crippen LogP contribution in [0, 0.1) is 5.92 Å². The van der Waals surface area contributed by atoms with Gasteiger partial charge in [0.15, 0.2) is 0 Å². The summed E-state index contributed by atoms with van der Waals surface area (Å²) < 4.78 is 0. The molecule has 5 heteroatoms. The zero-order chi connectivity index (χ0) is 13.6. The van der Waals surface area contributed by atoms with Gasteiger partial charge in [-0.1, -0.05) is 13.0 Å². The highest BCUT2D eigenvalue weighted by atomic mass is 16.4. The fraction of sp³-hybridized carbons (Fsp3) is 0.667. The number of carboxylic acid groups (broad SMARTS) is 1. The number of nitrogens with one attached hydrogen (secondary N) is 1. The Balaban J connectivity index is 4.44. The minimum atomic E-state index is -0.920. The second-order valence-electron chi connectivity index (χ2n) is 5.00. The Morgan fingerprint density at radius 2 is 2.00 bits per heavy atom. The van der Waals surface area contributed by atoms with Crippen molar-refractivity contribution in [2.75, 3.05) is 13.1 Å². The third-order valence-corrected chi connectivity index (χ3v) is 2.35. The fourth-order valence-electron chi connectivity index (χ4n) is 1.21. The van der Waals surface area contributed by atoms with Gasteiger partial charge in [-0.2, -0.15) is 0 Å². The van der Waals surface area contributed by atoms with Gasteiger partial charge < -0.3 is 15.3 Å². The molecule has 0 fully saturated rings. The Labute approximate surface area is 102 Å². The average molecular weight is 242 g/mol. The molecule has 98 valence electrons. The van der Waals surface area contributed by atoms with Crippen molar-refractivity contribution in [3.63, 3.8) is 0 Å². The van der Waals surface area contributed by atoms with Crippen LogP contribution < -0.4 is 5.32 Å². The van der Waals surface area contributed by atoms with Crippen molar-refractivity contribution in [3.05, 3.63) is 12.7 Å². The Kier molecular flexibility index (Phi) is 5.71. The molecular formula is C12H22N2O3. The summed E-state index contributed by atoms with van der Waals surface area (Å²) in [7, 11) is 0. The van der Waals surface area contributed by atoms with Crippen molar-refractivity contribution < 1.29 is 14.7 Å². The predicted molar refractivity (Wildman–Crippen MR) is 66.9 cm³/mol. The molecule has 0 bridgehead atoms. The molecule has 0 aliphatic heterocycles. The van der Waals surface area contributed by atoms with E-state index in [0.29, 0.717) is 6.54 Å². The third-order valence-electron chi connectivity index (χ3n) is 2.35. The minimum absolute atomic E-state index is 0.123. The zero-order valence-electron chi connectivity index (χ0n) is 11.0. The van der Waals surface area contributed by atoms with Crippen LogP contribution in [-0.2, 0) is 4.79 Å². The maximum absolute atomic E-state index is 11.9. The molecule has 5 nitrogen and oxygen atoms in total. The Morgan fingerprint density at radius 1 is 1.47 bits per heavy atom. The molecule has 17 heavy (non-hydrogen) atoms. The van der Waals surface area contributed by atoms with Gasteiger partial charge in [0.1, 0.15) is 0 Å².